The zero-order valence-electron chi connectivity index (χ0n) is 10.0. The zero-order chi connectivity index (χ0) is 12.3. The van der Waals surface area contributed by atoms with Gasteiger partial charge in [-0.3, -0.25) is 4.79 Å². The molecule has 3 nitrogen and oxygen atoms in total. The summed E-state index contributed by atoms with van der Waals surface area (Å²) in [5, 5.41) is 8.69. The summed E-state index contributed by atoms with van der Waals surface area (Å²) in [6.45, 7) is 2.72. The summed E-state index contributed by atoms with van der Waals surface area (Å²) < 4.78 is 0. The van der Waals surface area contributed by atoms with Gasteiger partial charge >= 0.3 is 0 Å². The van der Waals surface area contributed by atoms with E-state index < -0.39 is 0 Å². The highest BCUT2D eigenvalue weighted by Gasteiger charge is 2.29. The van der Waals surface area contributed by atoms with Crippen molar-refractivity contribution >= 4 is 5.91 Å². The van der Waals surface area contributed by atoms with E-state index in [0.29, 0.717) is 6.54 Å². The van der Waals surface area contributed by atoms with Crippen molar-refractivity contribution in [2.45, 2.75) is 19.8 Å². The number of carbonyl (C=O) groups excluding carboxylic acids is 1. The average molecular weight is 228 g/mol. The minimum absolute atomic E-state index is 0.0284. The summed E-state index contributed by atoms with van der Waals surface area (Å²) in [6, 6.07) is 10.2. The number of nitrogens with zero attached hydrogens (tertiary/aromatic N) is 2. The molecule has 1 aromatic carbocycles. The van der Waals surface area contributed by atoms with Gasteiger partial charge in [-0.25, -0.2) is 0 Å². The molecule has 0 fully saturated rings. The summed E-state index contributed by atoms with van der Waals surface area (Å²) >= 11 is 0. The van der Waals surface area contributed by atoms with Crippen LogP contribution in [-0.2, 0) is 17.6 Å². The van der Waals surface area contributed by atoms with Gasteiger partial charge in [-0.1, -0.05) is 24.3 Å². The quantitative estimate of drug-likeness (QED) is 0.740. The van der Waals surface area contributed by atoms with E-state index in [-0.39, 0.29) is 18.4 Å². The summed E-state index contributed by atoms with van der Waals surface area (Å²) in [5.41, 5.74) is 2.55. The first-order valence-corrected chi connectivity index (χ1v) is 5.98. The average Bonchev–Trinajstić information content (AvgIpc) is 2.78. The fourth-order valence-corrected chi connectivity index (χ4v) is 2.42. The Morgan fingerprint density at radius 1 is 1.41 bits per heavy atom. The summed E-state index contributed by atoms with van der Waals surface area (Å²) in [7, 11) is 0. The van der Waals surface area contributed by atoms with Crippen molar-refractivity contribution in [3.05, 3.63) is 35.4 Å². The van der Waals surface area contributed by atoms with Crippen molar-refractivity contribution in [1.29, 1.82) is 5.26 Å². The number of carbonyl (C=O) groups is 1. The molecule has 0 heterocycles. The third kappa shape index (κ3) is 2.31. The van der Waals surface area contributed by atoms with Crippen LogP contribution < -0.4 is 0 Å². The van der Waals surface area contributed by atoms with E-state index in [1.807, 2.05) is 25.1 Å². The van der Waals surface area contributed by atoms with Crippen molar-refractivity contribution in [2.75, 3.05) is 13.1 Å². The van der Waals surface area contributed by atoms with E-state index in [4.69, 9.17) is 5.26 Å². The van der Waals surface area contributed by atoms with E-state index >= 15 is 0 Å². The molecule has 1 aliphatic carbocycles. The van der Waals surface area contributed by atoms with Gasteiger partial charge in [0.1, 0.15) is 6.54 Å². The standard InChI is InChI=1S/C14H16N2O/c1-2-16(8-7-15)14(17)13-9-11-5-3-4-6-12(11)10-13/h3-6,13H,2,8-10H2,1H3. The van der Waals surface area contributed by atoms with E-state index in [2.05, 4.69) is 12.1 Å². The Balaban J connectivity index is 2.08. The number of hydrogen-bond acceptors (Lipinski definition) is 2. The Kier molecular flexibility index (Phi) is 3.43. The smallest absolute Gasteiger partial charge is 0.227 e. The lowest BCUT2D eigenvalue weighted by atomic mass is 10.0. The molecular formula is C14H16N2O. The van der Waals surface area contributed by atoms with Gasteiger partial charge in [0, 0.05) is 12.5 Å². The van der Waals surface area contributed by atoms with Crippen LogP contribution in [0, 0.1) is 17.2 Å². The van der Waals surface area contributed by atoms with E-state index in [1.54, 1.807) is 4.90 Å². The van der Waals surface area contributed by atoms with Crippen LogP contribution in [0.4, 0.5) is 0 Å². The maximum absolute atomic E-state index is 12.2. The van der Waals surface area contributed by atoms with Crippen LogP contribution in [0.2, 0.25) is 0 Å². The first-order chi connectivity index (χ1) is 8.26. The number of amides is 1. The Bertz CT molecular complexity index is 437. The lowest BCUT2D eigenvalue weighted by Gasteiger charge is -2.21. The van der Waals surface area contributed by atoms with Crippen molar-refractivity contribution in [3.63, 3.8) is 0 Å². The molecule has 0 radical (unpaired) electrons. The molecule has 0 saturated heterocycles. The minimum atomic E-state index is 0.0284. The van der Waals surface area contributed by atoms with Gasteiger partial charge in [-0.2, -0.15) is 5.26 Å². The Morgan fingerprint density at radius 3 is 2.47 bits per heavy atom. The zero-order valence-corrected chi connectivity index (χ0v) is 10.0. The molecule has 0 bridgehead atoms. The molecule has 0 unspecified atom stereocenters. The van der Waals surface area contributed by atoms with E-state index in [9.17, 15) is 4.79 Å². The van der Waals surface area contributed by atoms with Crippen LogP contribution in [0.3, 0.4) is 0 Å². The van der Waals surface area contributed by atoms with Crippen LogP contribution in [0.1, 0.15) is 18.1 Å². The van der Waals surface area contributed by atoms with Crippen molar-refractivity contribution < 1.29 is 4.79 Å². The fourth-order valence-electron chi connectivity index (χ4n) is 2.42. The predicted molar refractivity (Wildman–Crippen MR) is 65.2 cm³/mol. The topological polar surface area (TPSA) is 44.1 Å². The highest BCUT2D eigenvalue weighted by molar-refractivity contribution is 5.80. The second-order valence-corrected chi connectivity index (χ2v) is 4.38. The first kappa shape index (κ1) is 11.7. The highest BCUT2D eigenvalue weighted by Crippen LogP contribution is 2.27. The monoisotopic (exact) mass is 228 g/mol. The molecule has 1 aromatic rings. The molecular weight excluding hydrogens is 212 g/mol. The van der Waals surface area contributed by atoms with Gasteiger partial charge in [0.05, 0.1) is 6.07 Å². The lowest BCUT2D eigenvalue weighted by Crippen LogP contribution is -2.36. The maximum Gasteiger partial charge on any atom is 0.227 e. The van der Waals surface area contributed by atoms with Crippen molar-refractivity contribution in [2.24, 2.45) is 5.92 Å². The minimum Gasteiger partial charge on any atom is -0.329 e. The normalized spacial score (nSPS) is 14.1. The molecule has 88 valence electrons. The fraction of sp³-hybridized carbons (Fsp3) is 0.429. The Labute approximate surface area is 102 Å². The number of nitriles is 1. The van der Waals surface area contributed by atoms with E-state index in [0.717, 1.165) is 12.8 Å². The SMILES string of the molecule is CCN(CC#N)C(=O)C1Cc2ccccc2C1. The first-order valence-electron chi connectivity index (χ1n) is 5.98. The molecule has 0 aromatic heterocycles. The van der Waals surface area contributed by atoms with Gasteiger partial charge in [-0.05, 0) is 30.9 Å². The summed E-state index contributed by atoms with van der Waals surface area (Å²) in [4.78, 5) is 13.8. The van der Waals surface area contributed by atoms with Crippen molar-refractivity contribution in [1.82, 2.24) is 4.90 Å². The molecule has 0 N–H and O–H groups in total. The van der Waals surface area contributed by atoms with Crippen molar-refractivity contribution in [3.8, 4) is 6.07 Å². The molecule has 0 aliphatic heterocycles. The molecule has 1 aliphatic rings. The Morgan fingerprint density at radius 2 is 2.00 bits per heavy atom. The highest BCUT2D eigenvalue weighted by atomic mass is 16.2. The number of benzene rings is 1. The van der Waals surface area contributed by atoms with Crippen LogP contribution in [-0.4, -0.2) is 23.9 Å². The maximum atomic E-state index is 12.2. The molecule has 1 amide bonds. The van der Waals surface area contributed by atoms with Gasteiger partial charge in [-0.15, -0.1) is 0 Å². The summed E-state index contributed by atoms with van der Waals surface area (Å²) in [5.74, 6) is 0.144. The van der Waals surface area contributed by atoms with Gasteiger partial charge in [0.25, 0.3) is 0 Å². The number of fused-ring (bicyclic) bond motifs is 1. The van der Waals surface area contributed by atoms with Crippen LogP contribution in [0.25, 0.3) is 0 Å². The number of rotatable bonds is 3. The second-order valence-electron chi connectivity index (χ2n) is 4.38. The largest absolute Gasteiger partial charge is 0.329 e. The Hall–Kier alpha value is -1.82. The van der Waals surface area contributed by atoms with Crippen LogP contribution >= 0.6 is 0 Å². The molecule has 0 spiro atoms. The number of hydrogen-bond donors (Lipinski definition) is 0. The predicted octanol–water partition coefficient (Wildman–Crippen LogP) is 1.77. The third-order valence-electron chi connectivity index (χ3n) is 3.36. The third-order valence-corrected chi connectivity index (χ3v) is 3.36. The molecule has 0 atom stereocenters. The second kappa shape index (κ2) is 5.01. The van der Waals surface area contributed by atoms with E-state index in [1.165, 1.54) is 11.1 Å². The lowest BCUT2D eigenvalue weighted by molar-refractivity contribution is -0.134. The van der Waals surface area contributed by atoms with Gasteiger partial charge in [0.2, 0.25) is 5.91 Å². The van der Waals surface area contributed by atoms with Gasteiger partial charge in [0.15, 0.2) is 0 Å². The molecule has 0 saturated carbocycles. The molecule has 17 heavy (non-hydrogen) atoms. The molecule has 2 rings (SSSR count). The summed E-state index contributed by atoms with van der Waals surface area (Å²) in [6.07, 6.45) is 1.63. The molecule has 3 heteroatoms. The van der Waals surface area contributed by atoms with Crippen LogP contribution in [0.15, 0.2) is 24.3 Å². The van der Waals surface area contributed by atoms with Gasteiger partial charge < -0.3 is 4.90 Å². The van der Waals surface area contributed by atoms with Crippen LogP contribution in [0.5, 0.6) is 0 Å².